The van der Waals surface area contributed by atoms with Crippen molar-refractivity contribution in [3.05, 3.63) is 71.8 Å². The molecule has 0 atom stereocenters. The van der Waals surface area contributed by atoms with Crippen LogP contribution in [-0.4, -0.2) is 4.57 Å². The van der Waals surface area contributed by atoms with Gasteiger partial charge in [-0.2, -0.15) is 0 Å². The van der Waals surface area contributed by atoms with Gasteiger partial charge in [-0.05, 0) is 53.3 Å². The number of benzene rings is 3. The van der Waals surface area contributed by atoms with Gasteiger partial charge in [-0.25, -0.2) is 0 Å². The van der Waals surface area contributed by atoms with E-state index in [2.05, 4.69) is 86.1 Å². The SMILES string of the molecule is CCCCCCC1(CCCCCC)c2ccccc2-c2cc3c4ccccc4n(C)c3cc21. The fraction of sp³-hybridized carbons (Fsp3) is 0.438. The summed E-state index contributed by atoms with van der Waals surface area (Å²) in [6.45, 7) is 4.63. The molecule has 172 valence electrons. The Kier molecular flexibility index (Phi) is 6.32. The van der Waals surface area contributed by atoms with Crippen LogP contribution >= 0.6 is 0 Å². The van der Waals surface area contributed by atoms with Crippen LogP contribution in [0.2, 0.25) is 0 Å². The number of hydrogen-bond acceptors (Lipinski definition) is 0. The molecule has 0 bridgehead atoms. The van der Waals surface area contributed by atoms with Gasteiger partial charge in [0.15, 0.2) is 0 Å². The standard InChI is InChI=1S/C32H39N/c1-4-6-8-14-20-32(21-15-9-7-5-2)28-18-12-10-16-24(28)26-22-27-25-17-11-13-19-30(25)33(3)31(27)23-29(26)32/h10-13,16-19,22-23H,4-9,14-15,20-21H2,1-3H3. The van der Waals surface area contributed by atoms with E-state index in [0.717, 1.165) is 0 Å². The van der Waals surface area contributed by atoms with E-state index in [-0.39, 0.29) is 5.41 Å². The molecule has 1 heteroatoms. The predicted octanol–water partition coefficient (Wildman–Crippen LogP) is 9.54. The number of hydrogen-bond donors (Lipinski definition) is 0. The van der Waals surface area contributed by atoms with Gasteiger partial charge in [-0.3, -0.25) is 0 Å². The minimum Gasteiger partial charge on any atom is -0.344 e. The first-order valence-corrected chi connectivity index (χ1v) is 13.3. The minimum atomic E-state index is 0.165. The Morgan fingerprint density at radius 3 is 2.00 bits per heavy atom. The van der Waals surface area contributed by atoms with E-state index in [1.165, 1.54) is 97.1 Å². The van der Waals surface area contributed by atoms with Crippen LogP contribution in [0.25, 0.3) is 32.9 Å². The van der Waals surface area contributed by atoms with Gasteiger partial charge in [0.25, 0.3) is 0 Å². The fourth-order valence-electron chi connectivity index (χ4n) is 6.48. The number of para-hydroxylation sites is 1. The number of rotatable bonds is 10. The fourth-order valence-corrected chi connectivity index (χ4v) is 6.48. The summed E-state index contributed by atoms with van der Waals surface area (Å²) in [6, 6.07) is 23.3. The second kappa shape index (κ2) is 9.37. The first-order valence-electron chi connectivity index (χ1n) is 13.3. The Bertz CT molecular complexity index is 1250. The van der Waals surface area contributed by atoms with Gasteiger partial charge in [0.1, 0.15) is 0 Å². The molecule has 0 fully saturated rings. The monoisotopic (exact) mass is 437 g/mol. The van der Waals surface area contributed by atoms with E-state index >= 15 is 0 Å². The number of unbranched alkanes of at least 4 members (excludes halogenated alkanes) is 6. The van der Waals surface area contributed by atoms with Gasteiger partial charge in [-0.15, -0.1) is 0 Å². The van der Waals surface area contributed by atoms with Crippen molar-refractivity contribution in [3.63, 3.8) is 0 Å². The Hall–Kier alpha value is -2.54. The molecule has 1 aliphatic rings. The van der Waals surface area contributed by atoms with Crippen LogP contribution in [0.1, 0.15) is 89.2 Å². The molecule has 5 rings (SSSR count). The van der Waals surface area contributed by atoms with Gasteiger partial charge in [0, 0.05) is 34.3 Å². The summed E-state index contributed by atoms with van der Waals surface area (Å²) in [6.07, 6.45) is 13.2. The summed E-state index contributed by atoms with van der Waals surface area (Å²) in [4.78, 5) is 0. The third kappa shape index (κ3) is 3.70. The van der Waals surface area contributed by atoms with E-state index in [9.17, 15) is 0 Å². The molecule has 0 amide bonds. The van der Waals surface area contributed by atoms with Crippen molar-refractivity contribution in [3.8, 4) is 11.1 Å². The molecule has 1 nitrogen and oxygen atoms in total. The van der Waals surface area contributed by atoms with Crippen molar-refractivity contribution in [1.29, 1.82) is 0 Å². The van der Waals surface area contributed by atoms with Gasteiger partial charge >= 0.3 is 0 Å². The van der Waals surface area contributed by atoms with Crippen LogP contribution in [0.15, 0.2) is 60.7 Å². The summed E-state index contributed by atoms with van der Waals surface area (Å²) < 4.78 is 2.41. The molecule has 0 saturated heterocycles. The normalized spacial score (nSPS) is 14.2. The molecular weight excluding hydrogens is 398 g/mol. The topological polar surface area (TPSA) is 4.93 Å². The summed E-state index contributed by atoms with van der Waals surface area (Å²) in [7, 11) is 2.24. The first-order chi connectivity index (χ1) is 16.2. The van der Waals surface area contributed by atoms with Crippen LogP contribution in [0.4, 0.5) is 0 Å². The van der Waals surface area contributed by atoms with Crippen molar-refractivity contribution in [2.75, 3.05) is 0 Å². The zero-order valence-electron chi connectivity index (χ0n) is 20.8. The van der Waals surface area contributed by atoms with Crippen molar-refractivity contribution in [2.45, 2.75) is 83.5 Å². The van der Waals surface area contributed by atoms with E-state index in [0.29, 0.717) is 0 Å². The largest absolute Gasteiger partial charge is 0.344 e. The van der Waals surface area contributed by atoms with E-state index in [1.807, 2.05) is 0 Å². The molecule has 1 aromatic heterocycles. The number of fused-ring (bicyclic) bond motifs is 6. The van der Waals surface area contributed by atoms with E-state index in [1.54, 1.807) is 11.1 Å². The third-order valence-corrected chi connectivity index (χ3v) is 8.22. The van der Waals surface area contributed by atoms with Crippen LogP contribution in [0.5, 0.6) is 0 Å². The molecule has 0 unspecified atom stereocenters. The molecule has 0 aliphatic heterocycles. The van der Waals surface area contributed by atoms with Crippen molar-refractivity contribution in [2.24, 2.45) is 7.05 Å². The lowest BCUT2D eigenvalue weighted by atomic mass is 9.70. The maximum atomic E-state index is 2.57. The van der Waals surface area contributed by atoms with Crippen LogP contribution in [0.3, 0.4) is 0 Å². The molecular formula is C32H39N. The van der Waals surface area contributed by atoms with Gasteiger partial charge in [-0.1, -0.05) is 108 Å². The first kappa shape index (κ1) is 22.3. The Morgan fingerprint density at radius 1 is 0.606 bits per heavy atom. The molecule has 0 spiro atoms. The van der Waals surface area contributed by atoms with Crippen molar-refractivity contribution >= 4 is 21.8 Å². The van der Waals surface area contributed by atoms with Crippen LogP contribution in [-0.2, 0) is 12.5 Å². The molecule has 0 saturated carbocycles. The van der Waals surface area contributed by atoms with Crippen molar-refractivity contribution < 1.29 is 0 Å². The summed E-state index contributed by atoms with van der Waals surface area (Å²) in [5.41, 5.74) is 9.03. The molecule has 4 aromatic rings. The van der Waals surface area contributed by atoms with Gasteiger partial charge in [0.05, 0.1) is 0 Å². The second-order valence-electron chi connectivity index (χ2n) is 10.2. The van der Waals surface area contributed by atoms with E-state index < -0.39 is 0 Å². The highest BCUT2D eigenvalue weighted by Crippen LogP contribution is 2.55. The molecule has 1 heterocycles. The molecule has 3 aromatic carbocycles. The Balaban J connectivity index is 1.69. The maximum absolute atomic E-state index is 2.57. The van der Waals surface area contributed by atoms with Gasteiger partial charge in [0.2, 0.25) is 0 Å². The highest BCUT2D eigenvalue weighted by molar-refractivity contribution is 6.10. The van der Waals surface area contributed by atoms with Crippen molar-refractivity contribution in [1.82, 2.24) is 4.57 Å². The van der Waals surface area contributed by atoms with Crippen LogP contribution < -0.4 is 0 Å². The predicted molar refractivity (Wildman–Crippen MR) is 144 cm³/mol. The molecule has 33 heavy (non-hydrogen) atoms. The van der Waals surface area contributed by atoms with Gasteiger partial charge < -0.3 is 4.57 Å². The average Bonchev–Trinajstić information content (AvgIpc) is 3.29. The number of aryl methyl sites for hydroxylation is 1. The maximum Gasteiger partial charge on any atom is 0.0492 e. The lowest BCUT2D eigenvalue weighted by Gasteiger charge is -2.33. The Labute approximate surface area is 199 Å². The molecule has 0 radical (unpaired) electrons. The Morgan fingerprint density at radius 2 is 1.27 bits per heavy atom. The second-order valence-corrected chi connectivity index (χ2v) is 10.2. The minimum absolute atomic E-state index is 0.165. The highest BCUT2D eigenvalue weighted by Gasteiger charge is 2.42. The zero-order valence-corrected chi connectivity index (χ0v) is 20.8. The highest BCUT2D eigenvalue weighted by atomic mass is 14.9. The quantitative estimate of drug-likeness (QED) is 0.218. The van der Waals surface area contributed by atoms with E-state index in [4.69, 9.17) is 0 Å². The summed E-state index contributed by atoms with van der Waals surface area (Å²) >= 11 is 0. The lowest BCUT2D eigenvalue weighted by molar-refractivity contribution is 0.401. The van der Waals surface area contributed by atoms with Crippen LogP contribution in [0, 0.1) is 0 Å². The summed E-state index contributed by atoms with van der Waals surface area (Å²) in [5.74, 6) is 0. The number of nitrogens with zero attached hydrogens (tertiary/aromatic N) is 1. The smallest absolute Gasteiger partial charge is 0.0492 e. The third-order valence-electron chi connectivity index (χ3n) is 8.22. The lowest BCUT2D eigenvalue weighted by Crippen LogP contribution is -2.25. The summed E-state index contributed by atoms with van der Waals surface area (Å²) in [5, 5.41) is 2.77. The number of aromatic nitrogens is 1. The zero-order chi connectivity index (χ0) is 22.8. The molecule has 0 N–H and O–H groups in total. The average molecular weight is 438 g/mol. The molecule has 1 aliphatic carbocycles.